The molecule has 228 valence electrons. The topological polar surface area (TPSA) is 86.0 Å². The molecule has 1 aromatic heterocycles. The second-order valence-corrected chi connectivity index (χ2v) is 12.1. The Balaban J connectivity index is 1.52. The van der Waals surface area contributed by atoms with Crippen molar-refractivity contribution in [1.82, 2.24) is 19.8 Å². The highest BCUT2D eigenvalue weighted by molar-refractivity contribution is 7.80. The fourth-order valence-corrected chi connectivity index (χ4v) is 5.50. The van der Waals surface area contributed by atoms with Crippen molar-refractivity contribution in [2.45, 2.75) is 45.8 Å². The number of benzene rings is 3. The molecule has 2 atom stereocenters. The van der Waals surface area contributed by atoms with Crippen LogP contribution in [0.15, 0.2) is 79.3 Å². The molecule has 0 aliphatic rings. The first-order valence-electron chi connectivity index (χ1n) is 14.2. The highest BCUT2D eigenvalue weighted by Gasteiger charge is 2.25. The first kappa shape index (κ1) is 33.3. The maximum atomic E-state index is 13.5. The van der Waals surface area contributed by atoms with Gasteiger partial charge in [0.05, 0.1) is 45.1 Å². The van der Waals surface area contributed by atoms with Crippen molar-refractivity contribution in [3.8, 4) is 6.07 Å². The van der Waals surface area contributed by atoms with Crippen LogP contribution in [0.25, 0.3) is 0 Å². The Morgan fingerprint density at radius 3 is 2.50 bits per heavy atom. The SMILES string of the molecule is CC[C@H](C)[C@@H](CN(Cc1cccc(Cl)c1Cl)C(=S)Nc1ccccc1Cl)NC(=O)Cc1cncn1Cc1ccc(C#N)cc1. The fourth-order valence-electron chi connectivity index (χ4n) is 4.68. The van der Waals surface area contributed by atoms with E-state index in [9.17, 15) is 4.79 Å². The average molecular weight is 668 g/mol. The number of rotatable bonds is 12. The number of carbonyl (C=O) groups is 1. The molecule has 0 spiro atoms. The molecular weight excluding hydrogens is 635 g/mol. The second kappa shape index (κ2) is 15.9. The largest absolute Gasteiger partial charge is 0.351 e. The molecule has 7 nitrogen and oxygen atoms in total. The number of aromatic nitrogens is 2. The summed E-state index contributed by atoms with van der Waals surface area (Å²) in [5.41, 5.74) is 3.89. The van der Waals surface area contributed by atoms with Gasteiger partial charge in [-0.1, -0.05) is 91.5 Å². The highest BCUT2D eigenvalue weighted by Crippen LogP contribution is 2.28. The number of thiocarbonyl (C=S) groups is 1. The molecule has 0 saturated carbocycles. The Morgan fingerprint density at radius 2 is 1.80 bits per heavy atom. The van der Waals surface area contributed by atoms with Gasteiger partial charge in [0.2, 0.25) is 5.91 Å². The molecule has 2 N–H and O–H groups in total. The van der Waals surface area contributed by atoms with E-state index in [0.29, 0.717) is 51.1 Å². The van der Waals surface area contributed by atoms with Gasteiger partial charge in [0.15, 0.2) is 5.11 Å². The fraction of sp³-hybridized carbons (Fsp3) is 0.273. The lowest BCUT2D eigenvalue weighted by Crippen LogP contribution is -2.50. The number of para-hydroxylation sites is 1. The third-order valence-electron chi connectivity index (χ3n) is 7.47. The first-order chi connectivity index (χ1) is 21.2. The zero-order valence-corrected chi connectivity index (χ0v) is 27.5. The van der Waals surface area contributed by atoms with Gasteiger partial charge in [-0.2, -0.15) is 5.26 Å². The molecule has 44 heavy (non-hydrogen) atoms. The summed E-state index contributed by atoms with van der Waals surface area (Å²) in [6.07, 6.45) is 4.42. The second-order valence-electron chi connectivity index (χ2n) is 10.6. The normalized spacial score (nSPS) is 12.2. The monoisotopic (exact) mass is 666 g/mol. The summed E-state index contributed by atoms with van der Waals surface area (Å²) >= 11 is 25.2. The molecule has 1 amide bonds. The van der Waals surface area contributed by atoms with E-state index in [4.69, 9.17) is 52.3 Å². The van der Waals surface area contributed by atoms with E-state index in [1.165, 1.54) is 0 Å². The summed E-state index contributed by atoms with van der Waals surface area (Å²) in [7, 11) is 0. The molecule has 0 aliphatic heterocycles. The van der Waals surface area contributed by atoms with Crippen molar-refractivity contribution < 1.29 is 4.79 Å². The van der Waals surface area contributed by atoms with Crippen LogP contribution < -0.4 is 10.6 Å². The first-order valence-corrected chi connectivity index (χ1v) is 15.7. The van der Waals surface area contributed by atoms with Gasteiger partial charge in [-0.3, -0.25) is 4.79 Å². The third-order valence-corrected chi connectivity index (χ3v) is 9.01. The number of anilines is 1. The number of nitrogens with zero attached hydrogens (tertiary/aromatic N) is 4. The summed E-state index contributed by atoms with van der Waals surface area (Å²) in [6.45, 7) is 5.53. The minimum atomic E-state index is -0.230. The Bertz CT molecular complexity index is 1640. The maximum absolute atomic E-state index is 13.5. The van der Waals surface area contributed by atoms with Crippen LogP contribution in [0.4, 0.5) is 5.69 Å². The Hall–Kier alpha value is -3.61. The minimum Gasteiger partial charge on any atom is -0.351 e. The maximum Gasteiger partial charge on any atom is 0.226 e. The molecule has 0 fully saturated rings. The van der Waals surface area contributed by atoms with Gasteiger partial charge in [0, 0.05) is 37.6 Å². The standard InChI is InChI=1S/C33H33Cl3N6OS/c1-3-22(2)30(39-31(43)15-26-17-38-21-42(26)18-24-13-11-23(16-37)12-14-24)20-41(19-25-7-6-9-28(35)32(25)36)33(44)40-29-10-5-4-8-27(29)34/h4-14,17,21-22,30H,3,15,18-20H2,1-2H3,(H,39,43)(H,40,44)/t22-,30+/m0/s1. The van der Waals surface area contributed by atoms with Crippen LogP contribution in [0.3, 0.4) is 0 Å². The Labute approximate surface area is 278 Å². The summed E-state index contributed by atoms with van der Waals surface area (Å²) in [4.78, 5) is 19.7. The predicted octanol–water partition coefficient (Wildman–Crippen LogP) is 7.74. The molecule has 11 heteroatoms. The van der Waals surface area contributed by atoms with Crippen molar-refractivity contribution in [2.24, 2.45) is 5.92 Å². The van der Waals surface area contributed by atoms with Crippen LogP contribution in [-0.4, -0.2) is 38.1 Å². The van der Waals surface area contributed by atoms with Gasteiger partial charge in [-0.15, -0.1) is 0 Å². The lowest BCUT2D eigenvalue weighted by Gasteiger charge is -2.33. The van der Waals surface area contributed by atoms with E-state index in [1.807, 2.05) is 51.9 Å². The van der Waals surface area contributed by atoms with E-state index in [1.54, 1.807) is 36.8 Å². The minimum absolute atomic E-state index is 0.123. The number of nitriles is 1. The third kappa shape index (κ3) is 8.96. The van der Waals surface area contributed by atoms with Gasteiger partial charge in [0.25, 0.3) is 0 Å². The smallest absolute Gasteiger partial charge is 0.226 e. The van der Waals surface area contributed by atoms with Crippen LogP contribution in [0.5, 0.6) is 0 Å². The van der Waals surface area contributed by atoms with Crippen LogP contribution in [-0.2, 0) is 24.3 Å². The van der Waals surface area contributed by atoms with Crippen LogP contribution in [0, 0.1) is 17.2 Å². The van der Waals surface area contributed by atoms with Gasteiger partial charge in [-0.05, 0) is 59.6 Å². The predicted molar refractivity (Wildman–Crippen MR) is 182 cm³/mol. The molecule has 0 bridgehead atoms. The zero-order chi connectivity index (χ0) is 31.6. The number of hydrogen-bond donors (Lipinski definition) is 2. The highest BCUT2D eigenvalue weighted by atomic mass is 35.5. The zero-order valence-electron chi connectivity index (χ0n) is 24.4. The molecule has 3 aromatic carbocycles. The van der Waals surface area contributed by atoms with E-state index < -0.39 is 0 Å². The van der Waals surface area contributed by atoms with E-state index in [-0.39, 0.29) is 24.3 Å². The Kier molecular flexibility index (Phi) is 12.0. The Morgan fingerprint density at radius 1 is 1.07 bits per heavy atom. The summed E-state index contributed by atoms with van der Waals surface area (Å²) in [5, 5.41) is 17.5. The van der Waals surface area contributed by atoms with Crippen molar-refractivity contribution >= 4 is 63.7 Å². The molecular formula is C33H33Cl3N6OS. The lowest BCUT2D eigenvalue weighted by molar-refractivity contribution is -0.121. The number of nitrogens with one attached hydrogen (secondary N) is 2. The quantitative estimate of drug-likeness (QED) is 0.150. The van der Waals surface area contributed by atoms with Gasteiger partial charge >= 0.3 is 0 Å². The number of halogens is 3. The molecule has 0 saturated heterocycles. The van der Waals surface area contributed by atoms with Crippen molar-refractivity contribution in [2.75, 3.05) is 11.9 Å². The average Bonchev–Trinajstić information content (AvgIpc) is 3.45. The number of imidazole rings is 1. The van der Waals surface area contributed by atoms with E-state index in [2.05, 4.69) is 35.5 Å². The van der Waals surface area contributed by atoms with Gasteiger partial charge in [-0.25, -0.2) is 4.98 Å². The van der Waals surface area contributed by atoms with Crippen molar-refractivity contribution in [3.63, 3.8) is 0 Å². The van der Waals surface area contributed by atoms with Crippen LogP contribution in [0.1, 0.15) is 42.7 Å². The summed E-state index contributed by atoms with van der Waals surface area (Å²) < 4.78 is 1.94. The van der Waals surface area contributed by atoms with Crippen LogP contribution in [0.2, 0.25) is 15.1 Å². The van der Waals surface area contributed by atoms with Crippen molar-refractivity contribution in [3.05, 3.63) is 117 Å². The molecule has 0 aliphatic carbocycles. The molecule has 1 heterocycles. The number of amides is 1. The van der Waals surface area contributed by atoms with E-state index >= 15 is 0 Å². The van der Waals surface area contributed by atoms with Crippen molar-refractivity contribution in [1.29, 1.82) is 5.26 Å². The number of carbonyl (C=O) groups excluding carboxylic acids is 1. The summed E-state index contributed by atoms with van der Waals surface area (Å²) in [5.74, 6) is 0.0190. The lowest BCUT2D eigenvalue weighted by atomic mass is 9.98. The van der Waals surface area contributed by atoms with E-state index in [0.717, 1.165) is 23.2 Å². The molecule has 0 radical (unpaired) electrons. The summed E-state index contributed by atoms with van der Waals surface area (Å²) in [6, 6.07) is 22.1. The molecule has 4 rings (SSSR count). The van der Waals surface area contributed by atoms with Gasteiger partial charge < -0.3 is 20.1 Å². The molecule has 4 aromatic rings. The number of hydrogen-bond acceptors (Lipinski definition) is 4. The van der Waals surface area contributed by atoms with Gasteiger partial charge in [0.1, 0.15) is 0 Å². The van der Waals surface area contributed by atoms with Crippen LogP contribution >= 0.6 is 47.0 Å². The molecule has 0 unspecified atom stereocenters.